The number of rotatable bonds is 13. The van der Waals surface area contributed by atoms with Crippen LogP contribution in [0.3, 0.4) is 0 Å². The third-order valence-corrected chi connectivity index (χ3v) is 4.44. The van der Waals surface area contributed by atoms with Gasteiger partial charge in [-0.1, -0.05) is 6.58 Å². The molecule has 0 aliphatic carbocycles. The minimum atomic E-state index is -3.19. The second-order valence-electron chi connectivity index (χ2n) is 4.29. The van der Waals surface area contributed by atoms with Crippen LogP contribution in [0.5, 0.6) is 0 Å². The fourth-order valence-electron chi connectivity index (χ4n) is 1.42. The molecule has 0 saturated carbocycles. The molecule has 128 valence electrons. The lowest BCUT2D eigenvalue weighted by Crippen LogP contribution is -2.41. The summed E-state index contributed by atoms with van der Waals surface area (Å²) in [6.45, 7) is 9.45. The third kappa shape index (κ3) is 8.94. The van der Waals surface area contributed by atoms with Gasteiger partial charge in [-0.2, -0.15) is 0 Å². The Hall–Kier alpha value is -1.21. The number of esters is 1. The van der Waals surface area contributed by atoms with Crippen molar-refractivity contribution in [1.29, 1.82) is 0 Å². The highest BCUT2D eigenvalue weighted by Crippen LogP contribution is 2.47. The van der Waals surface area contributed by atoms with E-state index in [9.17, 15) is 14.2 Å². The summed E-state index contributed by atoms with van der Waals surface area (Å²) in [7, 11) is -3.19. The predicted molar refractivity (Wildman–Crippen MR) is 82.3 cm³/mol. The molecule has 0 heterocycles. The first-order valence-electron chi connectivity index (χ1n) is 7.04. The second-order valence-corrected chi connectivity index (χ2v) is 6.48. The number of nitrogens with one attached hydrogen (secondary N) is 1. The molecule has 0 bridgehead atoms. The fourth-order valence-corrected chi connectivity index (χ4v) is 3.00. The first-order valence-corrected chi connectivity index (χ1v) is 8.77. The number of carbonyl (C=O) groups is 2. The predicted octanol–water partition coefficient (Wildman–Crippen LogP) is 1.33. The molecular weight excluding hydrogens is 311 g/mol. The van der Waals surface area contributed by atoms with Gasteiger partial charge in [0.2, 0.25) is 6.41 Å². The van der Waals surface area contributed by atoms with E-state index >= 15 is 0 Å². The lowest BCUT2D eigenvalue weighted by molar-refractivity contribution is -0.139. The van der Waals surface area contributed by atoms with E-state index in [2.05, 4.69) is 12.0 Å². The summed E-state index contributed by atoms with van der Waals surface area (Å²) in [5, 5.41) is 1.21. The molecule has 0 aromatic heterocycles. The number of hydrogen-bond acceptors (Lipinski definition) is 7. The zero-order chi connectivity index (χ0) is 17.0. The van der Waals surface area contributed by atoms with Crippen molar-refractivity contribution >= 4 is 20.0 Å². The molecule has 0 spiro atoms. The fraction of sp³-hybridized carbons (Fsp3) is 0.692. The molecule has 0 saturated heterocycles. The third-order valence-electron chi connectivity index (χ3n) is 2.39. The topological polar surface area (TPSA) is 94.2 Å². The normalized spacial score (nSPS) is 11.0. The van der Waals surface area contributed by atoms with E-state index in [0.29, 0.717) is 12.0 Å². The second kappa shape index (κ2) is 11.4. The molecule has 0 fully saturated rings. The largest absolute Gasteiger partial charge is 0.461 e. The molecule has 0 aliphatic rings. The van der Waals surface area contributed by atoms with E-state index in [1.54, 1.807) is 20.8 Å². The van der Waals surface area contributed by atoms with Gasteiger partial charge in [-0.3, -0.25) is 14.4 Å². The molecule has 9 heteroatoms. The van der Waals surface area contributed by atoms with Crippen molar-refractivity contribution in [2.24, 2.45) is 0 Å². The van der Waals surface area contributed by atoms with E-state index in [0.717, 1.165) is 0 Å². The number of hydrogen-bond donors (Lipinski definition) is 1. The number of amides is 1. The molecule has 0 atom stereocenters. The smallest absolute Gasteiger partial charge is 0.333 e. The first-order chi connectivity index (χ1) is 10.4. The highest BCUT2D eigenvalue weighted by atomic mass is 31.2. The van der Waals surface area contributed by atoms with Gasteiger partial charge in [-0.15, -0.1) is 0 Å². The maximum absolute atomic E-state index is 12.2. The van der Waals surface area contributed by atoms with Crippen LogP contribution in [0.1, 0.15) is 20.8 Å². The van der Waals surface area contributed by atoms with Crippen molar-refractivity contribution in [2.45, 2.75) is 20.8 Å². The van der Waals surface area contributed by atoms with Crippen LogP contribution >= 0.6 is 7.60 Å². The van der Waals surface area contributed by atoms with Gasteiger partial charge in [0, 0.05) is 18.7 Å². The Kier molecular flexibility index (Phi) is 10.7. The van der Waals surface area contributed by atoms with Gasteiger partial charge in [0.15, 0.2) is 0 Å². The van der Waals surface area contributed by atoms with Gasteiger partial charge < -0.3 is 13.8 Å². The van der Waals surface area contributed by atoms with Gasteiger partial charge in [0.05, 0.1) is 19.4 Å². The van der Waals surface area contributed by atoms with Crippen LogP contribution in [0, 0.1) is 0 Å². The van der Waals surface area contributed by atoms with E-state index in [1.807, 2.05) is 0 Å². The first kappa shape index (κ1) is 20.8. The molecular formula is C13H25N2O6P. The van der Waals surface area contributed by atoms with Crippen LogP contribution in [0.25, 0.3) is 0 Å². The summed E-state index contributed by atoms with van der Waals surface area (Å²) in [6, 6.07) is 0. The molecule has 0 radical (unpaired) electrons. The lowest BCUT2D eigenvalue weighted by atomic mass is 10.4. The Morgan fingerprint density at radius 2 is 1.91 bits per heavy atom. The van der Waals surface area contributed by atoms with Crippen LogP contribution in [0.4, 0.5) is 0 Å². The molecule has 0 aromatic rings. The van der Waals surface area contributed by atoms with Gasteiger partial charge in [-0.25, -0.2) is 10.2 Å². The lowest BCUT2D eigenvalue weighted by Gasteiger charge is -2.22. The maximum atomic E-state index is 12.2. The Morgan fingerprint density at radius 1 is 1.32 bits per heavy atom. The van der Waals surface area contributed by atoms with E-state index in [4.69, 9.17) is 13.8 Å². The number of carbonyl (C=O) groups excluding carboxylic acids is 2. The zero-order valence-electron chi connectivity index (χ0n) is 13.4. The van der Waals surface area contributed by atoms with Gasteiger partial charge in [0.1, 0.15) is 6.61 Å². The molecule has 0 aliphatic heterocycles. The Balaban J connectivity index is 4.15. The van der Waals surface area contributed by atoms with Crippen molar-refractivity contribution in [1.82, 2.24) is 10.4 Å². The molecule has 0 aromatic carbocycles. The molecule has 1 amide bonds. The average Bonchev–Trinajstić information content (AvgIpc) is 2.46. The Morgan fingerprint density at radius 3 is 2.36 bits per heavy atom. The van der Waals surface area contributed by atoms with Crippen molar-refractivity contribution in [3.05, 3.63) is 12.2 Å². The quantitative estimate of drug-likeness (QED) is 0.135. The van der Waals surface area contributed by atoms with E-state index in [1.165, 1.54) is 5.01 Å². The van der Waals surface area contributed by atoms with Crippen molar-refractivity contribution in [3.8, 4) is 0 Å². The van der Waals surface area contributed by atoms with Crippen molar-refractivity contribution < 1.29 is 27.9 Å². The van der Waals surface area contributed by atoms with E-state index < -0.39 is 13.6 Å². The summed E-state index contributed by atoms with van der Waals surface area (Å²) in [5.74, 6) is -0.489. The van der Waals surface area contributed by atoms with Crippen molar-refractivity contribution in [2.75, 3.05) is 39.1 Å². The molecule has 22 heavy (non-hydrogen) atoms. The summed E-state index contributed by atoms with van der Waals surface area (Å²) < 4.78 is 27.4. The molecule has 8 nitrogen and oxygen atoms in total. The highest BCUT2D eigenvalue weighted by Gasteiger charge is 2.24. The van der Waals surface area contributed by atoms with E-state index in [-0.39, 0.29) is 39.1 Å². The summed E-state index contributed by atoms with van der Waals surface area (Å²) in [4.78, 5) is 22.1. The summed E-state index contributed by atoms with van der Waals surface area (Å²) in [6.07, 6.45) is 0.634. The number of ether oxygens (including phenoxy) is 1. The van der Waals surface area contributed by atoms with Gasteiger partial charge in [-0.05, 0) is 20.8 Å². The minimum Gasteiger partial charge on any atom is -0.461 e. The molecule has 1 N–H and O–H groups in total. The van der Waals surface area contributed by atoms with Crippen LogP contribution < -0.4 is 5.43 Å². The van der Waals surface area contributed by atoms with Crippen LogP contribution in [-0.4, -0.2) is 56.5 Å². The number of hydrazine groups is 1. The number of nitrogens with zero attached hydrogens (tertiary/aromatic N) is 1. The van der Waals surface area contributed by atoms with Crippen LogP contribution in [0.2, 0.25) is 0 Å². The molecule has 0 rings (SSSR count). The molecule has 0 unspecified atom stereocenters. The average molecular weight is 336 g/mol. The standard InChI is InChI=1S/C13H25N2O6P/c1-5-20-22(18,21-6-2)10-8-15(11-16)14-7-9-19-13(17)12(3)4/h11,14H,3,5-10H2,1-2,4H3. The zero-order valence-corrected chi connectivity index (χ0v) is 14.3. The van der Waals surface area contributed by atoms with Crippen molar-refractivity contribution in [3.63, 3.8) is 0 Å². The Labute approximate surface area is 131 Å². The SMILES string of the molecule is C=C(C)C(=O)OCCNN(C=O)CCP(=O)(OCC)OCC. The van der Waals surface area contributed by atoms with Gasteiger partial charge in [0.25, 0.3) is 0 Å². The van der Waals surface area contributed by atoms with Crippen LogP contribution in [0.15, 0.2) is 12.2 Å². The minimum absolute atomic E-state index is 0.0754. The summed E-state index contributed by atoms with van der Waals surface area (Å²) in [5.41, 5.74) is 3.05. The van der Waals surface area contributed by atoms with Gasteiger partial charge >= 0.3 is 13.6 Å². The highest BCUT2D eigenvalue weighted by molar-refractivity contribution is 7.53. The summed E-state index contributed by atoms with van der Waals surface area (Å²) >= 11 is 0. The Bertz CT molecular complexity index is 405. The maximum Gasteiger partial charge on any atom is 0.333 e. The van der Waals surface area contributed by atoms with Crippen LogP contribution in [-0.2, 0) is 27.9 Å². The monoisotopic (exact) mass is 336 g/mol.